The number of aliphatic imine (C=N–C) groups is 1. The highest BCUT2D eigenvalue weighted by Gasteiger charge is 2.33. The second kappa shape index (κ2) is 7.93. The van der Waals surface area contributed by atoms with Gasteiger partial charge in [-0.1, -0.05) is 24.3 Å². The third-order valence-electron chi connectivity index (χ3n) is 4.46. The summed E-state index contributed by atoms with van der Waals surface area (Å²) >= 11 is 0. The van der Waals surface area contributed by atoms with Gasteiger partial charge in [0.25, 0.3) is 11.4 Å². The molecule has 0 aromatic heterocycles. The zero-order valence-corrected chi connectivity index (χ0v) is 15.8. The Labute approximate surface area is 169 Å². The van der Waals surface area contributed by atoms with E-state index in [9.17, 15) is 10.5 Å². The van der Waals surface area contributed by atoms with Crippen LogP contribution in [0.4, 0.5) is 11.4 Å². The van der Waals surface area contributed by atoms with Crippen molar-refractivity contribution in [3.63, 3.8) is 0 Å². The number of hydrogen-bond acceptors (Lipinski definition) is 4. The molecule has 0 heterocycles. The van der Waals surface area contributed by atoms with Crippen LogP contribution in [0.25, 0.3) is 20.8 Å². The van der Waals surface area contributed by atoms with E-state index in [4.69, 9.17) is 13.1 Å². The Hall–Kier alpha value is -4.65. The van der Waals surface area contributed by atoms with Gasteiger partial charge in [-0.05, 0) is 35.4 Å². The second-order valence-corrected chi connectivity index (χ2v) is 6.31. The molecule has 6 heteroatoms. The molecule has 0 saturated heterocycles. The first kappa shape index (κ1) is 19.1. The molecule has 2 aromatic rings. The molecule has 1 aliphatic rings. The van der Waals surface area contributed by atoms with E-state index in [0.29, 0.717) is 33.7 Å². The highest BCUT2D eigenvalue weighted by molar-refractivity contribution is 6.51. The first-order valence-corrected chi connectivity index (χ1v) is 8.56. The summed E-state index contributed by atoms with van der Waals surface area (Å²) in [6, 6.07) is 18.4. The Morgan fingerprint density at radius 2 is 1.34 bits per heavy atom. The van der Waals surface area contributed by atoms with Crippen LogP contribution < -0.4 is 4.90 Å². The maximum absolute atomic E-state index is 9.51. The molecular weight excluding hydrogens is 360 g/mol. The maximum Gasteiger partial charge on any atom is 0.271 e. The molecule has 0 N–H and O–H groups in total. The van der Waals surface area contributed by atoms with Crippen molar-refractivity contribution in [1.29, 1.82) is 10.5 Å². The molecule has 2 aromatic carbocycles. The Morgan fingerprint density at radius 1 is 0.862 bits per heavy atom. The fraction of sp³-hybridized carbons (Fsp3) is 0.0870. The minimum Gasteiger partial charge on any atom is -0.378 e. The lowest BCUT2D eigenvalue weighted by Gasteiger charge is -2.12. The average molecular weight is 374 g/mol. The monoisotopic (exact) mass is 374 g/mol. The second-order valence-electron chi connectivity index (χ2n) is 6.31. The smallest absolute Gasteiger partial charge is 0.271 e. The molecule has 136 valence electrons. The lowest BCUT2D eigenvalue weighted by atomic mass is 10.0. The number of hydrogen-bond donors (Lipinski definition) is 0. The zero-order valence-electron chi connectivity index (χ0n) is 15.8. The number of allylic oxidation sites excluding steroid dienone is 4. The minimum absolute atomic E-state index is 0.126. The number of benzene rings is 2. The fourth-order valence-electron chi connectivity index (χ4n) is 3.12. The van der Waals surface area contributed by atoms with Crippen molar-refractivity contribution < 1.29 is 0 Å². The van der Waals surface area contributed by atoms with Gasteiger partial charge in [-0.3, -0.25) is 4.99 Å². The number of nitriles is 2. The summed E-state index contributed by atoms with van der Waals surface area (Å²) in [6.07, 6.45) is 0. The van der Waals surface area contributed by atoms with Gasteiger partial charge in [0.2, 0.25) is 0 Å². The van der Waals surface area contributed by atoms with Crippen LogP contribution >= 0.6 is 0 Å². The van der Waals surface area contributed by atoms with Crippen LogP contribution in [0.1, 0.15) is 11.1 Å². The standard InChI is InChI=1S/C23H14N6/c1-26-19(13-24)21-17-7-5-6-8-18(17)22(20(14-25)27-2)23(21)28-15-9-11-16(12-10-15)29(3)4/h5-12H,3-4H3. The Kier molecular flexibility index (Phi) is 5.23. The molecule has 0 fully saturated rings. The predicted octanol–water partition coefficient (Wildman–Crippen LogP) is 4.85. The van der Waals surface area contributed by atoms with E-state index in [1.54, 1.807) is 24.3 Å². The molecule has 0 aliphatic heterocycles. The molecule has 0 radical (unpaired) electrons. The van der Waals surface area contributed by atoms with E-state index in [1.165, 1.54) is 0 Å². The zero-order chi connectivity index (χ0) is 21.0. The Morgan fingerprint density at radius 3 is 1.72 bits per heavy atom. The van der Waals surface area contributed by atoms with Gasteiger partial charge in [-0.25, -0.2) is 20.2 Å². The Bertz CT molecular complexity index is 1140. The molecule has 6 nitrogen and oxygen atoms in total. The number of rotatable bonds is 2. The molecule has 0 saturated carbocycles. The van der Waals surface area contributed by atoms with Crippen LogP contribution in [0, 0.1) is 35.8 Å². The molecule has 0 amide bonds. The summed E-state index contributed by atoms with van der Waals surface area (Å²) < 4.78 is 0. The third-order valence-corrected chi connectivity index (χ3v) is 4.46. The van der Waals surface area contributed by atoms with E-state index < -0.39 is 0 Å². The maximum atomic E-state index is 9.51. The van der Waals surface area contributed by atoms with E-state index in [0.717, 1.165) is 5.69 Å². The number of nitrogens with zero attached hydrogens (tertiary/aromatic N) is 6. The SMILES string of the molecule is [C-]#[N+]C(C#N)=C1C(=Nc2ccc(N(C)C)cc2)C(=C(C#N)[N+]#[C-])c2ccccc21. The van der Waals surface area contributed by atoms with Crippen molar-refractivity contribution in [3.05, 3.63) is 93.9 Å². The molecule has 0 atom stereocenters. The van der Waals surface area contributed by atoms with Crippen molar-refractivity contribution in [3.8, 4) is 12.1 Å². The minimum atomic E-state index is -0.126. The van der Waals surface area contributed by atoms with Gasteiger partial charge in [0.05, 0.1) is 36.7 Å². The van der Waals surface area contributed by atoms with Crippen LogP contribution in [0.5, 0.6) is 0 Å². The van der Waals surface area contributed by atoms with Crippen molar-refractivity contribution >= 4 is 28.2 Å². The van der Waals surface area contributed by atoms with Crippen LogP contribution in [-0.4, -0.2) is 19.8 Å². The van der Waals surface area contributed by atoms with Crippen molar-refractivity contribution in [1.82, 2.24) is 0 Å². The summed E-state index contributed by atoms with van der Waals surface area (Å²) in [7, 11) is 3.86. The first-order valence-electron chi connectivity index (χ1n) is 8.56. The molecule has 29 heavy (non-hydrogen) atoms. The summed E-state index contributed by atoms with van der Waals surface area (Å²) in [6.45, 7) is 14.8. The van der Waals surface area contributed by atoms with Gasteiger partial charge in [0.1, 0.15) is 0 Å². The van der Waals surface area contributed by atoms with Gasteiger partial charge in [-0.2, -0.15) is 0 Å². The molecule has 3 rings (SSSR count). The summed E-state index contributed by atoms with van der Waals surface area (Å²) in [5, 5.41) is 19.0. The number of anilines is 1. The van der Waals surface area contributed by atoms with Gasteiger partial charge in [0, 0.05) is 30.9 Å². The lowest BCUT2D eigenvalue weighted by molar-refractivity contribution is 1.13. The van der Waals surface area contributed by atoms with Gasteiger partial charge in [-0.15, -0.1) is 0 Å². The van der Waals surface area contributed by atoms with Gasteiger partial charge < -0.3 is 4.90 Å². The molecule has 0 bridgehead atoms. The summed E-state index contributed by atoms with van der Waals surface area (Å²) in [5.41, 5.74) is 3.57. The topological polar surface area (TPSA) is 71.9 Å². The predicted molar refractivity (Wildman–Crippen MR) is 113 cm³/mol. The van der Waals surface area contributed by atoms with Crippen molar-refractivity contribution in [2.75, 3.05) is 19.0 Å². The van der Waals surface area contributed by atoms with Crippen molar-refractivity contribution in [2.45, 2.75) is 0 Å². The summed E-state index contributed by atoms with van der Waals surface area (Å²) in [5.74, 6) is 0. The van der Waals surface area contributed by atoms with E-state index in [-0.39, 0.29) is 11.4 Å². The van der Waals surface area contributed by atoms with Crippen LogP contribution in [0.3, 0.4) is 0 Å². The molecule has 0 unspecified atom stereocenters. The normalized spacial score (nSPS) is 15.2. The molecule has 0 spiro atoms. The average Bonchev–Trinajstić information content (AvgIpc) is 3.05. The highest BCUT2D eigenvalue weighted by atomic mass is 15.1. The Balaban J connectivity index is 2.38. The van der Waals surface area contributed by atoms with E-state index in [1.807, 2.05) is 55.4 Å². The lowest BCUT2D eigenvalue weighted by Crippen LogP contribution is -2.07. The third kappa shape index (κ3) is 3.35. The van der Waals surface area contributed by atoms with Crippen LogP contribution in [-0.2, 0) is 0 Å². The van der Waals surface area contributed by atoms with Gasteiger partial charge in [0.15, 0.2) is 0 Å². The highest BCUT2D eigenvalue weighted by Crippen LogP contribution is 2.43. The largest absolute Gasteiger partial charge is 0.378 e. The molecule has 1 aliphatic carbocycles. The van der Waals surface area contributed by atoms with Gasteiger partial charge >= 0.3 is 0 Å². The van der Waals surface area contributed by atoms with Crippen molar-refractivity contribution in [2.24, 2.45) is 4.99 Å². The fourth-order valence-corrected chi connectivity index (χ4v) is 3.12. The summed E-state index contributed by atoms with van der Waals surface area (Å²) in [4.78, 5) is 13.3. The molecular formula is C23H14N6. The van der Waals surface area contributed by atoms with E-state index >= 15 is 0 Å². The number of fused-ring (bicyclic) bond motifs is 1. The quantitative estimate of drug-likeness (QED) is 0.557. The first-order chi connectivity index (χ1) is 14.0. The van der Waals surface area contributed by atoms with E-state index in [2.05, 4.69) is 14.7 Å². The van der Waals surface area contributed by atoms with Crippen LogP contribution in [0.15, 0.2) is 64.9 Å². The van der Waals surface area contributed by atoms with Crippen LogP contribution in [0.2, 0.25) is 0 Å².